The molecule has 1 aromatic heterocycles. The molecule has 0 radical (unpaired) electrons. The molecule has 2 aromatic rings. The fourth-order valence-electron chi connectivity index (χ4n) is 1.83. The molecule has 1 heterocycles. The van der Waals surface area contributed by atoms with Crippen LogP contribution in [0, 0.1) is 20.2 Å². The van der Waals surface area contributed by atoms with Gasteiger partial charge in [-0.1, -0.05) is 12.1 Å². The summed E-state index contributed by atoms with van der Waals surface area (Å²) in [6.07, 6.45) is 2.13. The van der Waals surface area contributed by atoms with Gasteiger partial charge in [0.05, 0.1) is 16.4 Å². The van der Waals surface area contributed by atoms with Gasteiger partial charge in [-0.15, -0.1) is 0 Å². The molecule has 0 amide bonds. The second-order valence-electron chi connectivity index (χ2n) is 4.03. The van der Waals surface area contributed by atoms with E-state index in [1.807, 2.05) is 0 Å². The monoisotopic (exact) mass is 292 g/mol. The van der Waals surface area contributed by atoms with Crippen molar-refractivity contribution in [2.45, 2.75) is 6.54 Å². The van der Waals surface area contributed by atoms with E-state index in [2.05, 4.69) is 5.10 Å². The Kier molecular flexibility index (Phi) is 3.61. The Labute approximate surface area is 116 Å². The van der Waals surface area contributed by atoms with Gasteiger partial charge in [0, 0.05) is 6.07 Å². The van der Waals surface area contributed by atoms with E-state index in [4.69, 9.17) is 5.11 Å². The fourth-order valence-corrected chi connectivity index (χ4v) is 1.83. The number of carbonyl (C=O) groups is 1. The molecule has 0 fully saturated rings. The maximum Gasteiger partial charge on any atom is 0.343 e. The number of nitrogens with zero attached hydrogens (tertiary/aromatic N) is 4. The van der Waals surface area contributed by atoms with Crippen LogP contribution in [0.2, 0.25) is 0 Å². The van der Waals surface area contributed by atoms with Gasteiger partial charge in [0.15, 0.2) is 0 Å². The molecule has 10 heteroatoms. The summed E-state index contributed by atoms with van der Waals surface area (Å²) < 4.78 is 1.14. The number of hydrogen-bond donors (Lipinski definition) is 1. The van der Waals surface area contributed by atoms with Crippen molar-refractivity contribution in [1.29, 1.82) is 0 Å². The highest BCUT2D eigenvalue weighted by Crippen LogP contribution is 2.23. The first kappa shape index (κ1) is 14.1. The molecule has 0 saturated heterocycles. The van der Waals surface area contributed by atoms with Crippen LogP contribution in [-0.2, 0) is 6.54 Å². The van der Waals surface area contributed by atoms with Crippen molar-refractivity contribution >= 4 is 17.3 Å². The number of aromatic nitrogens is 2. The minimum absolute atomic E-state index is 0.128. The van der Waals surface area contributed by atoms with Crippen molar-refractivity contribution in [3.63, 3.8) is 0 Å². The maximum atomic E-state index is 11.2. The molecule has 108 valence electrons. The molecule has 0 aliphatic carbocycles. The Hall–Kier alpha value is -3.30. The largest absolute Gasteiger partial charge is 0.477 e. The van der Waals surface area contributed by atoms with Crippen LogP contribution in [-0.4, -0.2) is 30.7 Å². The molecule has 21 heavy (non-hydrogen) atoms. The predicted octanol–water partition coefficient (Wildman–Crippen LogP) is 1.45. The SMILES string of the molecule is O=C(O)c1c(Cn2cc([N+](=O)[O-])cn2)cccc1[N+](=O)[O-]. The van der Waals surface area contributed by atoms with Crippen molar-refractivity contribution in [1.82, 2.24) is 9.78 Å². The first-order valence-electron chi connectivity index (χ1n) is 5.56. The summed E-state index contributed by atoms with van der Waals surface area (Å²) in [5.74, 6) is -1.45. The molecular formula is C11H8N4O6. The number of nitro benzene ring substituents is 1. The zero-order valence-electron chi connectivity index (χ0n) is 10.4. The van der Waals surface area contributed by atoms with E-state index in [9.17, 15) is 25.0 Å². The standard InChI is InChI=1S/C11H8N4O6/c16-11(17)10-7(2-1-3-9(10)15(20)21)5-13-6-8(4-12-13)14(18)19/h1-4,6H,5H2,(H,16,17). The first-order valence-corrected chi connectivity index (χ1v) is 5.56. The molecule has 0 unspecified atom stereocenters. The lowest BCUT2D eigenvalue weighted by Gasteiger charge is -2.06. The van der Waals surface area contributed by atoms with Gasteiger partial charge in [-0.2, -0.15) is 5.10 Å². The van der Waals surface area contributed by atoms with E-state index in [1.165, 1.54) is 12.1 Å². The summed E-state index contributed by atoms with van der Waals surface area (Å²) in [5, 5.41) is 34.3. The van der Waals surface area contributed by atoms with E-state index < -0.39 is 27.1 Å². The van der Waals surface area contributed by atoms with Crippen LogP contribution in [0.5, 0.6) is 0 Å². The van der Waals surface area contributed by atoms with Crippen LogP contribution in [0.15, 0.2) is 30.6 Å². The normalized spacial score (nSPS) is 10.3. The lowest BCUT2D eigenvalue weighted by Crippen LogP contribution is -2.10. The Balaban J connectivity index is 2.43. The average Bonchev–Trinajstić information content (AvgIpc) is 2.86. The number of rotatable bonds is 5. The van der Waals surface area contributed by atoms with Crippen LogP contribution < -0.4 is 0 Å². The summed E-state index contributed by atoms with van der Waals surface area (Å²) in [7, 11) is 0. The minimum Gasteiger partial charge on any atom is -0.477 e. The van der Waals surface area contributed by atoms with Crippen molar-refractivity contribution < 1.29 is 19.7 Å². The molecular weight excluding hydrogens is 284 g/mol. The molecule has 10 nitrogen and oxygen atoms in total. The van der Waals surface area contributed by atoms with E-state index >= 15 is 0 Å². The van der Waals surface area contributed by atoms with Gasteiger partial charge >= 0.3 is 11.7 Å². The highest BCUT2D eigenvalue weighted by atomic mass is 16.6. The third kappa shape index (κ3) is 2.83. The number of aromatic carboxylic acids is 1. The molecule has 1 aromatic carbocycles. The first-order chi connectivity index (χ1) is 9.90. The Morgan fingerprint density at radius 1 is 1.29 bits per heavy atom. The van der Waals surface area contributed by atoms with Gasteiger partial charge in [-0.25, -0.2) is 4.79 Å². The molecule has 0 bridgehead atoms. The second kappa shape index (κ2) is 5.36. The number of hydrogen-bond acceptors (Lipinski definition) is 6. The van der Waals surface area contributed by atoms with Gasteiger partial charge in [-0.05, 0) is 5.56 Å². The van der Waals surface area contributed by atoms with Crippen LogP contribution in [0.3, 0.4) is 0 Å². The smallest absolute Gasteiger partial charge is 0.343 e. The summed E-state index contributed by atoms with van der Waals surface area (Å²) in [6.45, 7) is -0.128. The summed E-state index contributed by atoms with van der Waals surface area (Å²) in [5.41, 5.74) is -1.12. The van der Waals surface area contributed by atoms with Crippen molar-refractivity contribution in [2.75, 3.05) is 0 Å². The van der Waals surface area contributed by atoms with E-state index in [0.29, 0.717) is 0 Å². The van der Waals surface area contributed by atoms with Crippen LogP contribution in [0.1, 0.15) is 15.9 Å². The van der Waals surface area contributed by atoms with Gasteiger partial charge in [0.25, 0.3) is 5.69 Å². The lowest BCUT2D eigenvalue weighted by molar-refractivity contribution is -0.385. The van der Waals surface area contributed by atoms with Crippen molar-refractivity contribution in [3.8, 4) is 0 Å². The number of nitro groups is 2. The zero-order valence-corrected chi connectivity index (χ0v) is 10.4. The van der Waals surface area contributed by atoms with Gasteiger partial charge in [0.2, 0.25) is 0 Å². The Morgan fingerprint density at radius 3 is 2.52 bits per heavy atom. The minimum atomic E-state index is -1.45. The summed E-state index contributed by atoms with van der Waals surface area (Å²) in [6, 6.07) is 3.82. The van der Waals surface area contributed by atoms with Gasteiger partial charge in [-0.3, -0.25) is 24.9 Å². The van der Waals surface area contributed by atoms with E-state index in [0.717, 1.165) is 23.1 Å². The molecule has 0 aliphatic rings. The molecule has 1 N–H and O–H groups in total. The van der Waals surface area contributed by atoms with Gasteiger partial charge in [0.1, 0.15) is 18.0 Å². The predicted molar refractivity (Wildman–Crippen MR) is 68.0 cm³/mol. The van der Waals surface area contributed by atoms with Crippen LogP contribution in [0.25, 0.3) is 0 Å². The fraction of sp³-hybridized carbons (Fsp3) is 0.0909. The number of benzene rings is 1. The highest BCUT2D eigenvalue weighted by molar-refractivity contribution is 5.94. The Bertz CT molecular complexity index is 738. The number of carboxylic acid groups (broad SMARTS) is 1. The van der Waals surface area contributed by atoms with Crippen molar-refractivity contribution in [3.05, 3.63) is 61.9 Å². The average molecular weight is 292 g/mol. The molecule has 0 saturated carbocycles. The van der Waals surface area contributed by atoms with Crippen LogP contribution >= 0.6 is 0 Å². The zero-order chi connectivity index (χ0) is 15.6. The Morgan fingerprint density at radius 2 is 2.00 bits per heavy atom. The molecule has 0 spiro atoms. The highest BCUT2D eigenvalue weighted by Gasteiger charge is 2.23. The van der Waals surface area contributed by atoms with Crippen LogP contribution in [0.4, 0.5) is 11.4 Å². The summed E-state index contributed by atoms with van der Waals surface area (Å²) in [4.78, 5) is 31.2. The maximum absolute atomic E-state index is 11.2. The third-order valence-corrected chi connectivity index (χ3v) is 2.70. The topological polar surface area (TPSA) is 141 Å². The third-order valence-electron chi connectivity index (χ3n) is 2.70. The number of carboxylic acids is 1. The summed E-state index contributed by atoms with van der Waals surface area (Å²) >= 11 is 0. The molecule has 0 aliphatic heterocycles. The van der Waals surface area contributed by atoms with E-state index in [-0.39, 0.29) is 17.8 Å². The van der Waals surface area contributed by atoms with Gasteiger partial charge < -0.3 is 5.11 Å². The second-order valence-corrected chi connectivity index (χ2v) is 4.03. The van der Waals surface area contributed by atoms with Crippen molar-refractivity contribution in [2.24, 2.45) is 0 Å². The lowest BCUT2D eigenvalue weighted by atomic mass is 10.1. The quantitative estimate of drug-likeness (QED) is 0.649. The van der Waals surface area contributed by atoms with E-state index in [1.54, 1.807) is 0 Å². The molecule has 0 atom stereocenters. The molecule has 2 rings (SSSR count).